The minimum absolute atomic E-state index is 0.0691. The molecule has 2 rings (SSSR count). The van der Waals surface area contributed by atoms with Crippen LogP contribution in [-0.4, -0.2) is 28.1 Å². The van der Waals surface area contributed by atoms with E-state index in [0.717, 1.165) is 15.4 Å². The number of halogens is 1. The highest BCUT2D eigenvalue weighted by atomic mass is 79.9. The second kappa shape index (κ2) is 5.58. The number of rotatable bonds is 4. The molecule has 0 radical (unpaired) electrons. The molecule has 0 fully saturated rings. The molecule has 1 heterocycles. The van der Waals surface area contributed by atoms with Gasteiger partial charge in [0.1, 0.15) is 5.69 Å². The second-order valence-corrected chi connectivity index (χ2v) is 6.43. The van der Waals surface area contributed by atoms with Crippen molar-refractivity contribution >= 4 is 32.7 Å². The largest absolute Gasteiger partial charge is 0.388 e. The molecular formula is C15H19BrN2O2. The van der Waals surface area contributed by atoms with Gasteiger partial charge in [-0.15, -0.1) is 0 Å². The first-order valence-electron chi connectivity index (χ1n) is 6.59. The minimum atomic E-state index is -0.914. The maximum absolute atomic E-state index is 12.1. The van der Waals surface area contributed by atoms with Crippen LogP contribution in [-0.2, 0) is 0 Å². The van der Waals surface area contributed by atoms with Crippen molar-refractivity contribution in [1.29, 1.82) is 0 Å². The average molecular weight is 339 g/mol. The Kier molecular flexibility index (Phi) is 4.20. The molecule has 1 amide bonds. The van der Waals surface area contributed by atoms with Crippen LogP contribution >= 0.6 is 15.9 Å². The lowest BCUT2D eigenvalue weighted by molar-refractivity contribution is 0.0142. The summed E-state index contributed by atoms with van der Waals surface area (Å²) in [5.41, 5.74) is 0.481. The number of benzene rings is 1. The molecule has 20 heavy (non-hydrogen) atoms. The van der Waals surface area contributed by atoms with E-state index in [1.807, 2.05) is 32.0 Å². The molecule has 2 aromatic rings. The van der Waals surface area contributed by atoms with Crippen molar-refractivity contribution in [2.75, 3.05) is 6.54 Å². The van der Waals surface area contributed by atoms with Crippen molar-refractivity contribution in [2.45, 2.75) is 26.4 Å². The van der Waals surface area contributed by atoms with Crippen LogP contribution in [0.15, 0.2) is 28.7 Å². The lowest BCUT2D eigenvalue weighted by atomic mass is 9.92. The zero-order valence-electron chi connectivity index (χ0n) is 11.8. The smallest absolute Gasteiger partial charge is 0.267 e. The fourth-order valence-corrected chi connectivity index (χ4v) is 2.28. The minimum Gasteiger partial charge on any atom is -0.388 e. The van der Waals surface area contributed by atoms with Gasteiger partial charge in [-0.25, -0.2) is 0 Å². The monoisotopic (exact) mass is 338 g/mol. The van der Waals surface area contributed by atoms with Crippen LogP contribution in [0.1, 0.15) is 31.3 Å². The number of hydrogen-bond donors (Lipinski definition) is 3. The molecule has 0 aliphatic rings. The third-order valence-electron chi connectivity index (χ3n) is 3.71. The normalized spacial score (nSPS) is 14.5. The number of carbonyl (C=O) groups excluding carboxylic acids is 1. The molecule has 0 saturated heterocycles. The van der Waals surface area contributed by atoms with Gasteiger partial charge in [-0.05, 0) is 31.0 Å². The molecule has 0 aliphatic heterocycles. The van der Waals surface area contributed by atoms with Crippen LogP contribution in [0.2, 0.25) is 0 Å². The lowest BCUT2D eigenvalue weighted by Crippen LogP contribution is -2.44. The summed E-state index contributed by atoms with van der Waals surface area (Å²) in [5.74, 6) is -0.145. The third kappa shape index (κ3) is 3.04. The van der Waals surface area contributed by atoms with Gasteiger partial charge in [-0.2, -0.15) is 0 Å². The van der Waals surface area contributed by atoms with E-state index < -0.39 is 5.60 Å². The third-order valence-corrected chi connectivity index (χ3v) is 4.40. The Balaban J connectivity index is 2.14. The number of aliphatic hydroxyl groups is 1. The highest BCUT2D eigenvalue weighted by Crippen LogP contribution is 2.24. The predicted octanol–water partition coefficient (Wildman–Crippen LogP) is 3.07. The summed E-state index contributed by atoms with van der Waals surface area (Å²) in [5, 5.41) is 13.9. The fraction of sp³-hybridized carbons (Fsp3) is 0.400. The molecule has 1 atom stereocenters. The molecule has 1 aromatic heterocycles. The van der Waals surface area contributed by atoms with Crippen LogP contribution in [0, 0.1) is 5.92 Å². The molecule has 5 heteroatoms. The van der Waals surface area contributed by atoms with Crippen LogP contribution < -0.4 is 5.32 Å². The van der Waals surface area contributed by atoms with Crippen molar-refractivity contribution < 1.29 is 9.90 Å². The zero-order chi connectivity index (χ0) is 14.9. The Bertz CT molecular complexity index is 632. The summed E-state index contributed by atoms with van der Waals surface area (Å²) in [6.07, 6.45) is 0. The van der Waals surface area contributed by atoms with Crippen LogP contribution in [0.5, 0.6) is 0 Å². The summed E-state index contributed by atoms with van der Waals surface area (Å²) >= 11 is 3.46. The number of nitrogens with one attached hydrogen (secondary N) is 2. The van der Waals surface area contributed by atoms with Crippen molar-refractivity contribution in [3.8, 4) is 0 Å². The molecule has 3 N–H and O–H groups in total. The molecular weight excluding hydrogens is 320 g/mol. The Morgan fingerprint density at radius 3 is 2.80 bits per heavy atom. The van der Waals surface area contributed by atoms with Gasteiger partial charge in [0.05, 0.1) is 5.60 Å². The molecule has 1 unspecified atom stereocenters. The van der Waals surface area contributed by atoms with Gasteiger partial charge >= 0.3 is 0 Å². The molecule has 108 valence electrons. The Morgan fingerprint density at radius 2 is 2.20 bits per heavy atom. The van der Waals surface area contributed by atoms with E-state index in [-0.39, 0.29) is 18.4 Å². The fourth-order valence-electron chi connectivity index (χ4n) is 1.80. The lowest BCUT2D eigenvalue weighted by Gasteiger charge is -2.27. The molecule has 0 saturated carbocycles. The first kappa shape index (κ1) is 15.1. The highest BCUT2D eigenvalue weighted by molar-refractivity contribution is 9.10. The maximum Gasteiger partial charge on any atom is 0.267 e. The van der Waals surface area contributed by atoms with E-state index in [1.54, 1.807) is 13.0 Å². The average Bonchev–Trinajstić information content (AvgIpc) is 2.81. The summed E-state index contributed by atoms with van der Waals surface area (Å²) in [7, 11) is 0. The van der Waals surface area contributed by atoms with E-state index in [2.05, 4.69) is 26.2 Å². The van der Waals surface area contributed by atoms with E-state index in [0.29, 0.717) is 5.69 Å². The maximum atomic E-state index is 12.1. The van der Waals surface area contributed by atoms with E-state index >= 15 is 0 Å². The Labute approximate surface area is 126 Å². The second-order valence-electron chi connectivity index (χ2n) is 5.58. The van der Waals surface area contributed by atoms with E-state index in [4.69, 9.17) is 0 Å². The van der Waals surface area contributed by atoms with Crippen molar-refractivity contribution in [1.82, 2.24) is 10.3 Å². The predicted molar refractivity (Wildman–Crippen MR) is 83.8 cm³/mol. The standard InChI is InChI=1S/C15H19BrN2O2/c1-9(2)15(3,20)8-17-14(19)13-7-10-11(16)5-4-6-12(10)18-13/h4-7,9,18,20H,8H2,1-3H3,(H,17,19). The summed E-state index contributed by atoms with van der Waals surface area (Å²) in [6, 6.07) is 7.57. The number of aromatic amines is 1. The highest BCUT2D eigenvalue weighted by Gasteiger charge is 2.25. The van der Waals surface area contributed by atoms with Crippen LogP contribution in [0.25, 0.3) is 10.9 Å². The number of H-pyrrole nitrogens is 1. The number of fused-ring (bicyclic) bond motifs is 1. The zero-order valence-corrected chi connectivity index (χ0v) is 13.4. The number of aromatic nitrogens is 1. The first-order valence-corrected chi connectivity index (χ1v) is 7.38. The van der Waals surface area contributed by atoms with Gasteiger partial charge in [0.2, 0.25) is 0 Å². The Morgan fingerprint density at radius 1 is 1.50 bits per heavy atom. The van der Waals surface area contributed by atoms with Crippen LogP contribution in [0.3, 0.4) is 0 Å². The topological polar surface area (TPSA) is 65.1 Å². The molecule has 0 aliphatic carbocycles. The van der Waals surface area contributed by atoms with Crippen molar-refractivity contribution in [3.05, 3.63) is 34.4 Å². The summed E-state index contributed by atoms with van der Waals surface area (Å²) in [6.45, 7) is 5.79. The van der Waals surface area contributed by atoms with Gasteiger partial charge in [0.15, 0.2) is 0 Å². The molecule has 0 bridgehead atoms. The molecule has 4 nitrogen and oxygen atoms in total. The first-order chi connectivity index (χ1) is 9.31. The van der Waals surface area contributed by atoms with E-state index in [9.17, 15) is 9.90 Å². The van der Waals surface area contributed by atoms with Crippen molar-refractivity contribution in [2.24, 2.45) is 5.92 Å². The van der Waals surface area contributed by atoms with Crippen molar-refractivity contribution in [3.63, 3.8) is 0 Å². The van der Waals surface area contributed by atoms with Gasteiger partial charge in [0, 0.05) is 21.9 Å². The SMILES string of the molecule is CC(C)C(C)(O)CNC(=O)c1cc2c(Br)cccc2[nH]1. The van der Waals surface area contributed by atoms with Crippen LogP contribution in [0.4, 0.5) is 0 Å². The van der Waals surface area contributed by atoms with E-state index in [1.165, 1.54) is 0 Å². The number of hydrogen-bond acceptors (Lipinski definition) is 2. The number of amides is 1. The van der Waals surface area contributed by atoms with Gasteiger partial charge < -0.3 is 15.4 Å². The quantitative estimate of drug-likeness (QED) is 0.802. The Hall–Kier alpha value is -1.33. The molecule has 0 spiro atoms. The number of carbonyl (C=O) groups is 1. The molecule has 1 aromatic carbocycles. The van der Waals surface area contributed by atoms with Gasteiger partial charge in [0.25, 0.3) is 5.91 Å². The summed E-state index contributed by atoms with van der Waals surface area (Å²) in [4.78, 5) is 15.2. The van der Waals surface area contributed by atoms with Gasteiger partial charge in [-0.1, -0.05) is 35.8 Å². The van der Waals surface area contributed by atoms with Gasteiger partial charge in [-0.3, -0.25) is 4.79 Å². The summed E-state index contributed by atoms with van der Waals surface area (Å²) < 4.78 is 0.944.